The van der Waals surface area contributed by atoms with E-state index in [0.29, 0.717) is 13.0 Å². The smallest absolute Gasteiger partial charge is 0.416 e. The van der Waals surface area contributed by atoms with Crippen LogP contribution in [0.15, 0.2) is 48.5 Å². The van der Waals surface area contributed by atoms with Crippen LogP contribution < -0.4 is 10.1 Å². The molecule has 9 heteroatoms. The van der Waals surface area contributed by atoms with Gasteiger partial charge in [0, 0.05) is 6.54 Å². The van der Waals surface area contributed by atoms with Gasteiger partial charge in [-0.25, -0.2) is 0 Å². The van der Waals surface area contributed by atoms with Crippen molar-refractivity contribution in [1.29, 1.82) is 0 Å². The van der Waals surface area contributed by atoms with Crippen LogP contribution in [0.1, 0.15) is 32.6 Å². The number of halogens is 4. The van der Waals surface area contributed by atoms with Crippen LogP contribution >= 0.6 is 11.6 Å². The van der Waals surface area contributed by atoms with Crippen molar-refractivity contribution >= 4 is 17.5 Å². The Morgan fingerprint density at radius 1 is 1.10 bits per heavy atom. The first-order valence-corrected chi connectivity index (χ1v) is 9.74. The highest BCUT2D eigenvalue weighted by Gasteiger charge is 2.30. The lowest BCUT2D eigenvalue weighted by Crippen LogP contribution is -2.26. The lowest BCUT2D eigenvalue weighted by molar-refractivity contribution is -0.137. The maximum absolute atomic E-state index is 12.9. The summed E-state index contributed by atoms with van der Waals surface area (Å²) in [7, 11) is 0. The predicted octanol–water partition coefficient (Wildman–Crippen LogP) is 5.53. The highest BCUT2D eigenvalue weighted by atomic mass is 35.5. The van der Waals surface area contributed by atoms with Crippen LogP contribution in [0.5, 0.6) is 11.6 Å². The molecule has 0 aliphatic heterocycles. The Morgan fingerprint density at radius 2 is 1.87 bits per heavy atom. The van der Waals surface area contributed by atoms with Gasteiger partial charge >= 0.3 is 6.18 Å². The van der Waals surface area contributed by atoms with Gasteiger partial charge in [-0.2, -0.15) is 13.2 Å². The Morgan fingerprint density at radius 3 is 2.58 bits per heavy atom. The molecule has 1 heterocycles. The largest absolute Gasteiger partial charge is 0.437 e. The number of aromatic nitrogens is 2. The molecule has 1 aromatic heterocycles. The van der Waals surface area contributed by atoms with E-state index in [2.05, 4.69) is 21.6 Å². The second-order valence-electron chi connectivity index (χ2n) is 6.95. The number of aryl methyl sites for hydroxylation is 2. The molecule has 0 atom stereocenters. The summed E-state index contributed by atoms with van der Waals surface area (Å²) in [6.45, 7) is 4.34. The van der Waals surface area contributed by atoms with Gasteiger partial charge in [0.25, 0.3) is 11.8 Å². The Balaban J connectivity index is 1.74. The molecule has 2 aromatic carbocycles. The molecule has 3 rings (SSSR count). The van der Waals surface area contributed by atoms with E-state index in [1.165, 1.54) is 18.2 Å². The van der Waals surface area contributed by atoms with Crippen LogP contribution in [-0.2, 0) is 12.6 Å². The highest BCUT2D eigenvalue weighted by molar-refractivity contribution is 6.29. The van der Waals surface area contributed by atoms with E-state index in [1.54, 1.807) is 0 Å². The average Bonchev–Trinajstić information content (AvgIpc) is 2.70. The number of carbonyl (C=O) groups excluding carboxylic acids is 1. The summed E-state index contributed by atoms with van der Waals surface area (Å²) in [4.78, 5) is 12.7. The fourth-order valence-electron chi connectivity index (χ4n) is 2.97. The number of hydrogen-bond acceptors (Lipinski definition) is 4. The third-order valence-corrected chi connectivity index (χ3v) is 4.71. The van der Waals surface area contributed by atoms with Crippen LogP contribution in [0.3, 0.4) is 0 Å². The number of carbonyl (C=O) groups is 1. The Hall–Kier alpha value is -3.13. The maximum Gasteiger partial charge on any atom is 0.416 e. The zero-order valence-electron chi connectivity index (χ0n) is 16.8. The molecule has 0 saturated heterocycles. The van der Waals surface area contributed by atoms with Gasteiger partial charge in [0.15, 0.2) is 5.15 Å². The van der Waals surface area contributed by atoms with Crippen LogP contribution in [0.4, 0.5) is 13.2 Å². The molecule has 1 amide bonds. The zero-order valence-corrected chi connectivity index (χ0v) is 17.5. The van der Waals surface area contributed by atoms with Gasteiger partial charge in [0.2, 0.25) is 0 Å². The number of benzene rings is 2. The first-order valence-electron chi connectivity index (χ1n) is 9.36. The maximum atomic E-state index is 12.9. The molecule has 0 aliphatic rings. The molecule has 5 nitrogen and oxygen atoms in total. The molecule has 0 spiro atoms. The first-order chi connectivity index (χ1) is 14.6. The van der Waals surface area contributed by atoms with E-state index >= 15 is 0 Å². The van der Waals surface area contributed by atoms with Crippen LogP contribution in [-0.4, -0.2) is 22.6 Å². The molecule has 162 valence electrons. The summed E-state index contributed by atoms with van der Waals surface area (Å²) < 4.78 is 44.2. The fraction of sp³-hybridized carbons (Fsp3) is 0.227. The van der Waals surface area contributed by atoms with Crippen molar-refractivity contribution < 1.29 is 22.7 Å². The Kier molecular flexibility index (Phi) is 6.80. The lowest BCUT2D eigenvalue weighted by Gasteiger charge is -2.12. The highest BCUT2D eigenvalue weighted by Crippen LogP contribution is 2.33. The zero-order chi connectivity index (χ0) is 22.6. The van der Waals surface area contributed by atoms with Gasteiger partial charge in [-0.3, -0.25) is 4.79 Å². The number of alkyl halides is 3. The van der Waals surface area contributed by atoms with Crippen molar-refractivity contribution in [1.82, 2.24) is 15.5 Å². The van der Waals surface area contributed by atoms with Crippen LogP contribution in [0.2, 0.25) is 5.15 Å². The minimum absolute atomic E-state index is 0.0296. The molecule has 31 heavy (non-hydrogen) atoms. The number of amides is 1. The van der Waals surface area contributed by atoms with Crippen LogP contribution in [0.25, 0.3) is 0 Å². The molecule has 0 aliphatic carbocycles. The van der Waals surface area contributed by atoms with Gasteiger partial charge in [-0.1, -0.05) is 41.4 Å². The minimum Gasteiger partial charge on any atom is -0.437 e. The third kappa shape index (κ3) is 5.95. The molecule has 3 aromatic rings. The second-order valence-corrected chi connectivity index (χ2v) is 7.34. The van der Waals surface area contributed by atoms with Gasteiger partial charge in [0.05, 0.1) is 5.56 Å². The average molecular weight is 450 g/mol. The quantitative estimate of drug-likeness (QED) is 0.537. The van der Waals surface area contributed by atoms with E-state index < -0.39 is 17.6 Å². The molecule has 0 saturated carbocycles. The minimum atomic E-state index is -4.53. The molecular formula is C22H19ClF3N3O2. The molecular weight excluding hydrogens is 431 g/mol. The van der Waals surface area contributed by atoms with Gasteiger partial charge in [-0.15, -0.1) is 10.2 Å². The Bertz CT molecular complexity index is 1100. The summed E-state index contributed by atoms with van der Waals surface area (Å²) >= 11 is 5.86. The molecule has 0 radical (unpaired) electrons. The van der Waals surface area contributed by atoms with Gasteiger partial charge in [-0.05, 0) is 55.7 Å². The van der Waals surface area contributed by atoms with E-state index in [0.717, 1.165) is 28.8 Å². The van der Waals surface area contributed by atoms with E-state index in [1.807, 2.05) is 26.0 Å². The number of nitrogens with zero attached hydrogens (tertiary/aromatic N) is 2. The third-order valence-electron chi connectivity index (χ3n) is 4.53. The monoisotopic (exact) mass is 449 g/mol. The van der Waals surface area contributed by atoms with E-state index in [-0.39, 0.29) is 22.3 Å². The summed E-state index contributed by atoms with van der Waals surface area (Å²) in [6.07, 6.45) is -3.92. The summed E-state index contributed by atoms with van der Waals surface area (Å²) in [5, 5.41) is 10.1. The molecule has 0 unspecified atom stereocenters. The molecule has 0 fully saturated rings. The molecule has 0 bridgehead atoms. The number of nitrogens with one attached hydrogen (secondary N) is 1. The van der Waals surface area contributed by atoms with E-state index in [4.69, 9.17) is 16.3 Å². The lowest BCUT2D eigenvalue weighted by atomic mass is 10.0. The van der Waals surface area contributed by atoms with Gasteiger partial charge < -0.3 is 10.1 Å². The first kappa shape index (κ1) is 22.6. The number of hydrogen-bond donors (Lipinski definition) is 1. The SMILES string of the molecule is Cc1ccc(CCNC(=O)c2cc(Cl)nnc2Oc2cccc(C(F)(F)F)c2)c(C)c1. The number of rotatable bonds is 6. The summed E-state index contributed by atoms with van der Waals surface area (Å²) in [5.41, 5.74) is 2.46. The topological polar surface area (TPSA) is 64.1 Å². The van der Waals surface area contributed by atoms with Crippen LogP contribution in [0, 0.1) is 13.8 Å². The van der Waals surface area contributed by atoms with Crippen molar-refractivity contribution in [3.8, 4) is 11.6 Å². The summed E-state index contributed by atoms with van der Waals surface area (Å²) in [5.74, 6) is -0.896. The van der Waals surface area contributed by atoms with Crippen molar-refractivity contribution in [2.24, 2.45) is 0 Å². The van der Waals surface area contributed by atoms with E-state index in [9.17, 15) is 18.0 Å². The normalized spacial score (nSPS) is 11.3. The predicted molar refractivity (Wildman–Crippen MR) is 111 cm³/mol. The number of ether oxygens (including phenoxy) is 1. The fourth-order valence-corrected chi connectivity index (χ4v) is 3.12. The molecule has 1 N–H and O–H groups in total. The summed E-state index contributed by atoms with van der Waals surface area (Å²) in [6, 6.07) is 11.6. The van der Waals surface area contributed by atoms with Crippen molar-refractivity contribution in [3.05, 3.63) is 81.5 Å². The van der Waals surface area contributed by atoms with Gasteiger partial charge in [0.1, 0.15) is 11.3 Å². The van der Waals surface area contributed by atoms with Crippen molar-refractivity contribution in [2.45, 2.75) is 26.4 Å². The standard InChI is InChI=1S/C22H19ClF3N3O2/c1-13-6-7-15(14(2)10-13)8-9-27-20(30)18-12-19(23)28-29-21(18)31-17-5-3-4-16(11-17)22(24,25)26/h3-7,10-12H,8-9H2,1-2H3,(H,27,30). The van der Waals surface area contributed by atoms with Crippen molar-refractivity contribution in [3.63, 3.8) is 0 Å². The second kappa shape index (κ2) is 9.34. The van der Waals surface area contributed by atoms with Crippen molar-refractivity contribution in [2.75, 3.05) is 6.54 Å². The Labute approximate surface area is 182 Å².